The van der Waals surface area contributed by atoms with Crippen molar-refractivity contribution in [1.82, 2.24) is 4.90 Å². The van der Waals surface area contributed by atoms with Gasteiger partial charge in [-0.1, -0.05) is 18.2 Å². The van der Waals surface area contributed by atoms with Crippen LogP contribution in [0.25, 0.3) is 0 Å². The summed E-state index contributed by atoms with van der Waals surface area (Å²) in [6.07, 6.45) is 0.833. The van der Waals surface area contributed by atoms with Crippen LogP contribution in [0.2, 0.25) is 0 Å². The summed E-state index contributed by atoms with van der Waals surface area (Å²) in [4.78, 5) is 42.1. The molecule has 26 heavy (non-hydrogen) atoms. The quantitative estimate of drug-likeness (QED) is 0.223. The lowest BCUT2D eigenvalue weighted by molar-refractivity contribution is -0.178. The Kier molecular flexibility index (Phi) is 5.81. The third-order valence-corrected chi connectivity index (χ3v) is 4.39. The van der Waals surface area contributed by atoms with Gasteiger partial charge in [0.25, 0.3) is 0 Å². The fourth-order valence-corrected chi connectivity index (χ4v) is 3.02. The molecule has 0 aromatic heterocycles. The molecule has 0 aliphatic carbocycles. The van der Waals surface area contributed by atoms with Crippen molar-refractivity contribution >= 4 is 29.6 Å². The molecule has 5 N–H and O–H groups in total. The first-order chi connectivity index (χ1) is 12.3. The molecule has 0 saturated carbocycles. The van der Waals surface area contributed by atoms with Gasteiger partial charge in [0.2, 0.25) is 5.91 Å². The van der Waals surface area contributed by atoms with E-state index < -0.39 is 29.4 Å². The van der Waals surface area contributed by atoms with E-state index in [0.29, 0.717) is 25.1 Å². The van der Waals surface area contributed by atoms with E-state index in [9.17, 15) is 14.4 Å². The molecule has 1 aromatic rings. The summed E-state index contributed by atoms with van der Waals surface area (Å²) in [5.74, 6) is -1.12. The average molecular weight is 361 g/mol. The number of β-lactam (4-membered cyclic amide) rings is 1. The van der Waals surface area contributed by atoms with Crippen LogP contribution in [0.5, 0.6) is 0 Å². The fourth-order valence-electron chi connectivity index (χ4n) is 3.02. The Hall–Kier alpha value is -3.10. The summed E-state index contributed by atoms with van der Waals surface area (Å²) in [5, 5.41) is 2.61. The fraction of sp³-hybridized carbons (Fsp3) is 0.412. The highest BCUT2D eigenvalue weighted by atomic mass is 16.5. The highest BCUT2D eigenvalue weighted by Crippen LogP contribution is 2.43. The molecule has 1 fully saturated rings. The van der Waals surface area contributed by atoms with Gasteiger partial charge in [0.05, 0.1) is 12.5 Å². The molecule has 0 spiro atoms. The minimum atomic E-state index is -1.04. The number of nitrogens with one attached hydrogen (secondary N) is 1. The zero-order valence-corrected chi connectivity index (χ0v) is 14.8. The van der Waals surface area contributed by atoms with Crippen LogP contribution < -0.4 is 16.8 Å². The molecule has 1 aromatic carbocycles. The summed E-state index contributed by atoms with van der Waals surface area (Å²) in [5.41, 5.74) is 10.0. The number of benzene rings is 1. The Labute approximate surface area is 151 Å². The summed E-state index contributed by atoms with van der Waals surface area (Å²) in [6.45, 7) is 1.97. The molecule has 0 radical (unpaired) electrons. The second-order valence-electron chi connectivity index (χ2n) is 6.22. The minimum Gasteiger partial charge on any atom is -0.467 e. The number of esters is 1. The van der Waals surface area contributed by atoms with Gasteiger partial charge >= 0.3 is 12.0 Å². The second-order valence-corrected chi connectivity index (χ2v) is 6.22. The zero-order valence-electron chi connectivity index (χ0n) is 14.8. The minimum absolute atomic E-state index is 0.0385. The number of ether oxygens (including phenoxy) is 1. The smallest absolute Gasteiger partial charge is 0.330 e. The zero-order chi connectivity index (χ0) is 19.3. The van der Waals surface area contributed by atoms with Gasteiger partial charge in [-0.3, -0.25) is 9.79 Å². The number of guanidine groups is 1. The van der Waals surface area contributed by atoms with E-state index in [-0.39, 0.29) is 5.96 Å². The molecule has 9 nitrogen and oxygen atoms in total. The molecule has 2 rings (SSSR count). The number of hydrogen-bond donors (Lipinski definition) is 3. The van der Waals surface area contributed by atoms with E-state index in [2.05, 4.69) is 10.3 Å². The number of nitrogens with zero attached hydrogens (tertiary/aromatic N) is 2. The Morgan fingerprint density at radius 3 is 2.54 bits per heavy atom. The molecule has 1 heterocycles. The molecule has 1 aliphatic heterocycles. The van der Waals surface area contributed by atoms with Gasteiger partial charge in [0.15, 0.2) is 12.0 Å². The lowest BCUT2D eigenvalue weighted by Gasteiger charge is -2.51. The maximum atomic E-state index is 12.6. The maximum absolute atomic E-state index is 12.6. The number of para-hydroxylation sites is 1. The maximum Gasteiger partial charge on any atom is 0.330 e. The predicted octanol–water partition coefficient (Wildman–Crippen LogP) is 0.662. The molecular formula is C17H23N5O4. The standard InChI is InChI=1S/C17H23N5O4/c1-17(9-6-10-20-15(18)19)12(13(23)26-2)22(14(17)24)16(25)21-11-7-4-3-5-8-11/h3-5,7-8,12H,6,9-10H2,1-2H3,(H,21,25)(H4,18,19,20)/t12-,17+/m1/s1. The van der Waals surface area contributed by atoms with E-state index in [1.165, 1.54) is 7.11 Å². The van der Waals surface area contributed by atoms with Crippen LogP contribution in [-0.4, -0.2) is 48.5 Å². The first-order valence-corrected chi connectivity index (χ1v) is 8.14. The van der Waals surface area contributed by atoms with Crippen molar-refractivity contribution in [3.8, 4) is 0 Å². The monoisotopic (exact) mass is 361 g/mol. The van der Waals surface area contributed by atoms with E-state index in [4.69, 9.17) is 16.2 Å². The lowest BCUT2D eigenvalue weighted by Crippen LogP contribution is -2.73. The number of methoxy groups -OCH3 is 1. The van der Waals surface area contributed by atoms with Gasteiger partial charge in [-0.15, -0.1) is 0 Å². The third-order valence-electron chi connectivity index (χ3n) is 4.39. The van der Waals surface area contributed by atoms with Crippen LogP contribution in [0.4, 0.5) is 10.5 Å². The number of carbonyl (C=O) groups excluding carboxylic acids is 3. The molecule has 3 amide bonds. The van der Waals surface area contributed by atoms with Gasteiger partial charge in [-0.2, -0.15) is 0 Å². The Morgan fingerprint density at radius 1 is 1.31 bits per heavy atom. The van der Waals surface area contributed by atoms with E-state index in [0.717, 1.165) is 4.90 Å². The number of nitrogens with two attached hydrogens (primary N) is 2. The summed E-state index contributed by atoms with van der Waals surface area (Å²) in [6, 6.07) is 7.00. The Balaban J connectivity index is 2.12. The van der Waals surface area contributed by atoms with Crippen LogP contribution in [0.3, 0.4) is 0 Å². The van der Waals surface area contributed by atoms with Crippen molar-refractivity contribution in [3.63, 3.8) is 0 Å². The SMILES string of the molecule is COC(=O)[C@H]1N(C(=O)Nc2ccccc2)C(=O)[C@@]1(C)CCCN=C(N)N. The number of hydrogen-bond acceptors (Lipinski definition) is 5. The Bertz CT molecular complexity index is 717. The van der Waals surface area contributed by atoms with E-state index in [1.807, 2.05) is 0 Å². The highest BCUT2D eigenvalue weighted by molar-refractivity contribution is 6.13. The van der Waals surface area contributed by atoms with Gasteiger partial charge in [0, 0.05) is 12.2 Å². The van der Waals surface area contributed by atoms with Crippen molar-refractivity contribution in [1.29, 1.82) is 0 Å². The highest BCUT2D eigenvalue weighted by Gasteiger charge is 2.63. The molecule has 2 atom stereocenters. The molecule has 140 valence electrons. The van der Waals surface area contributed by atoms with Crippen molar-refractivity contribution in [2.45, 2.75) is 25.8 Å². The lowest BCUT2D eigenvalue weighted by atomic mass is 9.69. The number of amides is 3. The molecular weight excluding hydrogens is 338 g/mol. The first kappa shape index (κ1) is 19.2. The molecule has 0 bridgehead atoms. The van der Waals surface area contributed by atoms with E-state index >= 15 is 0 Å². The predicted molar refractivity (Wildman–Crippen MR) is 96.1 cm³/mol. The number of urea groups is 1. The van der Waals surface area contributed by atoms with Crippen molar-refractivity contribution < 1.29 is 19.1 Å². The molecule has 9 heteroatoms. The number of rotatable bonds is 6. The molecule has 0 unspecified atom stereocenters. The average Bonchev–Trinajstić information content (AvgIpc) is 2.62. The normalized spacial score (nSPS) is 21.5. The van der Waals surface area contributed by atoms with Gasteiger partial charge < -0.3 is 21.5 Å². The summed E-state index contributed by atoms with van der Waals surface area (Å²) < 4.78 is 4.79. The van der Waals surface area contributed by atoms with Crippen LogP contribution in [0, 0.1) is 5.41 Å². The summed E-state index contributed by atoms with van der Waals surface area (Å²) in [7, 11) is 1.22. The van der Waals surface area contributed by atoms with Gasteiger partial charge in [-0.05, 0) is 31.9 Å². The van der Waals surface area contributed by atoms with Crippen LogP contribution >= 0.6 is 0 Å². The third kappa shape index (κ3) is 3.76. The van der Waals surface area contributed by atoms with Gasteiger partial charge in [0.1, 0.15) is 0 Å². The first-order valence-electron chi connectivity index (χ1n) is 8.14. The number of carbonyl (C=O) groups is 3. The second kappa shape index (κ2) is 7.85. The van der Waals surface area contributed by atoms with Crippen molar-refractivity contribution in [2.24, 2.45) is 21.9 Å². The topological polar surface area (TPSA) is 140 Å². The van der Waals surface area contributed by atoms with Crippen molar-refractivity contribution in [3.05, 3.63) is 30.3 Å². The van der Waals surface area contributed by atoms with Crippen molar-refractivity contribution in [2.75, 3.05) is 19.0 Å². The van der Waals surface area contributed by atoms with Crippen LogP contribution in [0.1, 0.15) is 19.8 Å². The molecule has 1 saturated heterocycles. The number of likely N-dealkylation sites (tertiary alicyclic amines) is 1. The number of anilines is 1. The Morgan fingerprint density at radius 2 is 1.96 bits per heavy atom. The molecule has 1 aliphatic rings. The van der Waals surface area contributed by atoms with Crippen LogP contribution in [-0.2, 0) is 14.3 Å². The largest absolute Gasteiger partial charge is 0.467 e. The van der Waals surface area contributed by atoms with Crippen LogP contribution in [0.15, 0.2) is 35.3 Å². The van der Waals surface area contributed by atoms with Gasteiger partial charge in [-0.25, -0.2) is 14.5 Å². The van der Waals surface area contributed by atoms with E-state index in [1.54, 1.807) is 37.3 Å². The number of imide groups is 1. The summed E-state index contributed by atoms with van der Waals surface area (Å²) >= 11 is 0. The number of aliphatic imine (C=N–C) groups is 1.